The second kappa shape index (κ2) is 7.34. The minimum absolute atomic E-state index is 0.0342. The van der Waals surface area contributed by atoms with Crippen molar-refractivity contribution in [2.75, 3.05) is 26.2 Å². The average Bonchev–Trinajstić information content (AvgIpc) is 3.23. The highest BCUT2D eigenvalue weighted by Crippen LogP contribution is 2.28. The lowest BCUT2D eigenvalue weighted by Gasteiger charge is -2.30. The highest BCUT2D eigenvalue weighted by atomic mass is 16.2. The molecule has 0 spiro atoms. The molecule has 0 radical (unpaired) electrons. The molecule has 132 valence electrons. The SMILES string of the molecule is CC(NC(=O)[C@H]1CNC[C@@H]1c1cnn(C)c1)C(=O)N1CCCCC1. The Kier molecular flexibility index (Phi) is 5.18. The molecule has 2 aliphatic rings. The number of nitrogens with zero attached hydrogens (tertiary/aromatic N) is 3. The van der Waals surface area contributed by atoms with Crippen molar-refractivity contribution in [3.05, 3.63) is 18.0 Å². The number of piperidine rings is 1. The molecule has 0 aliphatic carbocycles. The van der Waals surface area contributed by atoms with Crippen molar-refractivity contribution in [3.8, 4) is 0 Å². The maximum Gasteiger partial charge on any atom is 0.244 e. The zero-order valence-electron chi connectivity index (χ0n) is 14.5. The van der Waals surface area contributed by atoms with Crippen LogP contribution < -0.4 is 10.6 Å². The fraction of sp³-hybridized carbons (Fsp3) is 0.706. The normalized spacial score (nSPS) is 25.5. The van der Waals surface area contributed by atoms with Crippen LogP contribution in [-0.4, -0.2) is 58.7 Å². The number of hydrogen-bond donors (Lipinski definition) is 2. The van der Waals surface area contributed by atoms with Crippen LogP contribution in [0.5, 0.6) is 0 Å². The molecule has 1 aromatic rings. The monoisotopic (exact) mass is 333 g/mol. The molecule has 2 aliphatic heterocycles. The van der Waals surface area contributed by atoms with Crippen LogP contribution in [0.2, 0.25) is 0 Å². The van der Waals surface area contributed by atoms with E-state index in [1.54, 1.807) is 11.6 Å². The zero-order chi connectivity index (χ0) is 17.1. The van der Waals surface area contributed by atoms with Gasteiger partial charge in [-0.2, -0.15) is 5.10 Å². The molecule has 2 saturated heterocycles. The van der Waals surface area contributed by atoms with Crippen molar-refractivity contribution < 1.29 is 9.59 Å². The number of amides is 2. The predicted octanol–water partition coefficient (Wildman–Crippen LogP) is 0.240. The molecular weight excluding hydrogens is 306 g/mol. The van der Waals surface area contributed by atoms with Gasteiger partial charge < -0.3 is 15.5 Å². The third-order valence-corrected chi connectivity index (χ3v) is 5.10. The molecule has 3 atom stereocenters. The number of hydrogen-bond acceptors (Lipinski definition) is 4. The van der Waals surface area contributed by atoms with Crippen LogP contribution in [-0.2, 0) is 16.6 Å². The summed E-state index contributed by atoms with van der Waals surface area (Å²) >= 11 is 0. The largest absolute Gasteiger partial charge is 0.344 e. The summed E-state index contributed by atoms with van der Waals surface area (Å²) < 4.78 is 1.76. The number of rotatable bonds is 4. The molecule has 2 N–H and O–H groups in total. The maximum absolute atomic E-state index is 12.7. The Bertz CT molecular complexity index is 594. The van der Waals surface area contributed by atoms with Gasteiger partial charge in [0.25, 0.3) is 0 Å². The van der Waals surface area contributed by atoms with Gasteiger partial charge in [-0.1, -0.05) is 0 Å². The van der Waals surface area contributed by atoms with Crippen molar-refractivity contribution in [2.24, 2.45) is 13.0 Å². The number of aromatic nitrogens is 2. The third-order valence-electron chi connectivity index (χ3n) is 5.10. The van der Waals surface area contributed by atoms with Crippen molar-refractivity contribution >= 4 is 11.8 Å². The van der Waals surface area contributed by atoms with Gasteiger partial charge in [0.05, 0.1) is 12.1 Å². The Labute approximate surface area is 142 Å². The van der Waals surface area contributed by atoms with Crippen LogP contribution in [0.3, 0.4) is 0 Å². The van der Waals surface area contributed by atoms with Crippen LogP contribution in [0, 0.1) is 5.92 Å². The highest BCUT2D eigenvalue weighted by Gasteiger charge is 2.36. The van der Waals surface area contributed by atoms with E-state index in [9.17, 15) is 9.59 Å². The number of nitrogens with one attached hydrogen (secondary N) is 2. The molecule has 1 unspecified atom stereocenters. The van der Waals surface area contributed by atoms with E-state index in [0.29, 0.717) is 6.54 Å². The van der Waals surface area contributed by atoms with Gasteiger partial charge >= 0.3 is 0 Å². The van der Waals surface area contributed by atoms with E-state index in [-0.39, 0.29) is 23.7 Å². The minimum Gasteiger partial charge on any atom is -0.344 e. The lowest BCUT2D eigenvalue weighted by Crippen LogP contribution is -2.50. The first-order valence-corrected chi connectivity index (χ1v) is 8.84. The summed E-state index contributed by atoms with van der Waals surface area (Å²) in [5.74, 6) is -0.0690. The molecule has 0 bridgehead atoms. The van der Waals surface area contributed by atoms with Crippen LogP contribution in [0.4, 0.5) is 0 Å². The summed E-state index contributed by atoms with van der Waals surface area (Å²) in [6.07, 6.45) is 7.08. The first kappa shape index (κ1) is 17.0. The Morgan fingerprint density at radius 2 is 2.04 bits per heavy atom. The van der Waals surface area contributed by atoms with Gasteiger partial charge in [-0.15, -0.1) is 0 Å². The van der Waals surface area contributed by atoms with Crippen LogP contribution in [0.1, 0.15) is 37.7 Å². The second-order valence-electron chi connectivity index (χ2n) is 6.93. The maximum atomic E-state index is 12.7. The summed E-state index contributed by atoms with van der Waals surface area (Å²) in [7, 11) is 1.88. The van der Waals surface area contributed by atoms with Gasteiger partial charge in [0, 0.05) is 45.3 Å². The molecule has 1 aromatic heterocycles. The molecular formula is C17H27N5O2. The molecule has 24 heavy (non-hydrogen) atoms. The van der Waals surface area contributed by atoms with E-state index in [1.165, 1.54) is 6.42 Å². The van der Waals surface area contributed by atoms with Gasteiger partial charge in [0.1, 0.15) is 6.04 Å². The summed E-state index contributed by atoms with van der Waals surface area (Å²) in [6.45, 7) is 4.80. The Balaban J connectivity index is 1.60. The topological polar surface area (TPSA) is 79.3 Å². The van der Waals surface area contributed by atoms with Crippen LogP contribution in [0.15, 0.2) is 12.4 Å². The van der Waals surface area contributed by atoms with Crippen molar-refractivity contribution in [3.63, 3.8) is 0 Å². The molecule has 7 heteroatoms. The van der Waals surface area contributed by atoms with E-state index in [4.69, 9.17) is 0 Å². The molecule has 0 saturated carbocycles. The fourth-order valence-electron chi connectivity index (χ4n) is 3.71. The number of aryl methyl sites for hydroxylation is 1. The molecule has 0 aromatic carbocycles. The first-order chi connectivity index (χ1) is 11.6. The fourth-order valence-corrected chi connectivity index (χ4v) is 3.71. The van der Waals surface area contributed by atoms with Gasteiger partial charge in [-0.3, -0.25) is 14.3 Å². The first-order valence-electron chi connectivity index (χ1n) is 8.84. The van der Waals surface area contributed by atoms with E-state index in [0.717, 1.165) is 38.0 Å². The summed E-state index contributed by atoms with van der Waals surface area (Å²) in [4.78, 5) is 27.0. The predicted molar refractivity (Wildman–Crippen MR) is 90.3 cm³/mol. The van der Waals surface area contributed by atoms with Crippen molar-refractivity contribution in [1.29, 1.82) is 0 Å². The molecule has 3 heterocycles. The standard InChI is InChI=1S/C17H27N5O2/c1-12(17(24)22-6-4-3-5-7-22)20-16(23)15-10-18-9-14(15)13-8-19-21(2)11-13/h8,11-12,14-15,18H,3-7,9-10H2,1-2H3,(H,20,23)/t12?,14-,15+/m1/s1. The van der Waals surface area contributed by atoms with E-state index >= 15 is 0 Å². The zero-order valence-corrected chi connectivity index (χ0v) is 14.5. The highest BCUT2D eigenvalue weighted by molar-refractivity contribution is 5.89. The summed E-state index contributed by atoms with van der Waals surface area (Å²) in [6, 6.07) is -0.467. The summed E-state index contributed by atoms with van der Waals surface area (Å²) in [5.41, 5.74) is 1.07. The van der Waals surface area contributed by atoms with E-state index < -0.39 is 6.04 Å². The van der Waals surface area contributed by atoms with Gasteiger partial charge in [-0.05, 0) is 31.7 Å². The quantitative estimate of drug-likeness (QED) is 0.827. The minimum atomic E-state index is -0.467. The lowest BCUT2D eigenvalue weighted by molar-refractivity contribution is -0.137. The Hall–Kier alpha value is -1.89. The van der Waals surface area contributed by atoms with Gasteiger partial charge in [0.15, 0.2) is 0 Å². The van der Waals surface area contributed by atoms with Gasteiger partial charge in [0.2, 0.25) is 11.8 Å². The Morgan fingerprint density at radius 1 is 1.29 bits per heavy atom. The van der Waals surface area contributed by atoms with Crippen molar-refractivity contribution in [1.82, 2.24) is 25.3 Å². The van der Waals surface area contributed by atoms with E-state index in [2.05, 4.69) is 15.7 Å². The number of likely N-dealkylation sites (tertiary alicyclic amines) is 1. The van der Waals surface area contributed by atoms with E-state index in [1.807, 2.05) is 24.3 Å². The molecule has 3 rings (SSSR count). The third kappa shape index (κ3) is 3.61. The lowest BCUT2D eigenvalue weighted by atomic mass is 9.90. The van der Waals surface area contributed by atoms with Crippen LogP contribution in [0.25, 0.3) is 0 Å². The molecule has 2 amide bonds. The average molecular weight is 333 g/mol. The smallest absolute Gasteiger partial charge is 0.244 e. The summed E-state index contributed by atoms with van der Waals surface area (Å²) in [5, 5.41) is 10.4. The molecule has 7 nitrogen and oxygen atoms in total. The van der Waals surface area contributed by atoms with Crippen LogP contribution >= 0.6 is 0 Å². The number of carbonyl (C=O) groups is 2. The number of carbonyl (C=O) groups excluding carboxylic acids is 2. The van der Waals surface area contributed by atoms with Gasteiger partial charge in [-0.25, -0.2) is 0 Å². The van der Waals surface area contributed by atoms with Crippen molar-refractivity contribution in [2.45, 2.75) is 38.1 Å². The Morgan fingerprint density at radius 3 is 2.71 bits per heavy atom. The second-order valence-corrected chi connectivity index (χ2v) is 6.93. The molecule has 2 fully saturated rings.